The van der Waals surface area contributed by atoms with Gasteiger partial charge in [0.1, 0.15) is 24.6 Å². The van der Waals surface area contributed by atoms with Crippen LogP contribution in [0.2, 0.25) is 0 Å². The number of nitrogens with zero attached hydrogens (tertiary/aromatic N) is 4. The van der Waals surface area contributed by atoms with E-state index in [2.05, 4.69) is 33.4 Å². The van der Waals surface area contributed by atoms with Crippen molar-refractivity contribution in [1.82, 2.24) is 19.5 Å². The summed E-state index contributed by atoms with van der Waals surface area (Å²) in [6.45, 7) is 0.310. The summed E-state index contributed by atoms with van der Waals surface area (Å²) in [4.78, 5) is 48.5. The molecular weight excluding hydrogens is 577 g/mol. The lowest BCUT2D eigenvalue weighted by Crippen LogP contribution is -2.33. The summed E-state index contributed by atoms with van der Waals surface area (Å²) in [6, 6.07) is 0. The number of nitrogens with one attached hydrogen (secondary N) is 1. The fourth-order valence-corrected chi connectivity index (χ4v) is 6.59. The zero-order valence-electron chi connectivity index (χ0n) is 19.7. The molecule has 1 aliphatic rings. The number of nitrogens with two attached hydrogens (primary N) is 1. The first-order valence-corrected chi connectivity index (χ1v) is 15.7. The average Bonchev–Trinajstić information content (AvgIpc) is 3.34. The van der Waals surface area contributed by atoms with Crippen molar-refractivity contribution in [3.05, 3.63) is 12.7 Å². The number of ether oxygens (including phenoxy) is 1. The molecule has 1 aliphatic heterocycles. The monoisotopic (exact) mass is 606 g/mol. The Morgan fingerprint density at radius 1 is 0.974 bits per heavy atom. The molecule has 216 valence electrons. The molecule has 9 N–H and O–H groups in total. The first kappa shape index (κ1) is 31.1. The zero-order chi connectivity index (χ0) is 28.1. The lowest BCUT2D eigenvalue weighted by atomic mass is 10.1. The summed E-state index contributed by atoms with van der Waals surface area (Å²) >= 11 is 0. The zero-order valence-corrected chi connectivity index (χ0v) is 22.3. The van der Waals surface area contributed by atoms with Gasteiger partial charge in [0.15, 0.2) is 23.2 Å². The molecule has 0 aromatic carbocycles. The molecule has 1 fully saturated rings. The van der Waals surface area contributed by atoms with E-state index in [-0.39, 0.29) is 5.65 Å². The van der Waals surface area contributed by atoms with Crippen LogP contribution in [0.25, 0.3) is 11.2 Å². The van der Waals surface area contributed by atoms with Gasteiger partial charge in [-0.3, -0.25) is 9.09 Å². The predicted molar refractivity (Wildman–Crippen MR) is 127 cm³/mol. The van der Waals surface area contributed by atoms with E-state index < -0.39 is 54.6 Å². The number of unbranched alkanes of at least 4 members (excludes halogenated alkanes) is 3. The maximum Gasteiger partial charge on any atom is 0.490 e. The van der Waals surface area contributed by atoms with Gasteiger partial charge >= 0.3 is 23.5 Å². The molecule has 0 amide bonds. The smallest absolute Gasteiger partial charge is 0.387 e. The lowest BCUT2D eigenvalue weighted by molar-refractivity contribution is -0.0503. The summed E-state index contributed by atoms with van der Waals surface area (Å²) in [5, 5.41) is 24.0. The quantitative estimate of drug-likeness (QED) is 0.0955. The second kappa shape index (κ2) is 12.8. The molecule has 6 atom stereocenters. The van der Waals surface area contributed by atoms with E-state index in [1.54, 1.807) is 0 Å². The van der Waals surface area contributed by atoms with E-state index in [0.717, 1.165) is 25.7 Å². The largest absolute Gasteiger partial charge is 0.490 e. The Kier molecular flexibility index (Phi) is 10.5. The van der Waals surface area contributed by atoms with E-state index in [9.17, 15) is 33.7 Å². The van der Waals surface area contributed by atoms with Crippen molar-refractivity contribution in [3.63, 3.8) is 0 Å². The van der Waals surface area contributed by atoms with Gasteiger partial charge in [0.05, 0.1) is 12.9 Å². The molecule has 19 nitrogen and oxygen atoms in total. The van der Waals surface area contributed by atoms with Crippen LogP contribution in [0.3, 0.4) is 0 Å². The number of hydrogen-bond donors (Lipinski definition) is 8. The molecule has 0 bridgehead atoms. The van der Waals surface area contributed by atoms with Crippen molar-refractivity contribution in [3.8, 4) is 0 Å². The van der Waals surface area contributed by atoms with Gasteiger partial charge in [-0.15, -0.1) is 0 Å². The Morgan fingerprint density at radius 3 is 2.37 bits per heavy atom. The second-order valence-corrected chi connectivity index (χ2v) is 12.5. The van der Waals surface area contributed by atoms with Gasteiger partial charge in [0.25, 0.3) is 0 Å². The highest BCUT2D eigenvalue weighted by molar-refractivity contribution is 7.66. The van der Waals surface area contributed by atoms with Crippen LogP contribution in [0.1, 0.15) is 31.9 Å². The molecule has 2 aromatic heterocycles. The first-order valence-electron chi connectivity index (χ1n) is 11.1. The van der Waals surface area contributed by atoms with Crippen LogP contribution in [0, 0.1) is 0 Å². The molecule has 3 rings (SSSR count). The van der Waals surface area contributed by atoms with E-state index in [4.69, 9.17) is 20.3 Å². The van der Waals surface area contributed by atoms with Gasteiger partial charge in [0.2, 0.25) is 0 Å². The number of aromatic nitrogens is 4. The lowest BCUT2D eigenvalue weighted by Gasteiger charge is -2.19. The number of aliphatic hydroxyl groups is 2. The highest BCUT2D eigenvalue weighted by Gasteiger charge is 2.47. The molecule has 1 saturated heterocycles. The molecule has 2 unspecified atom stereocenters. The van der Waals surface area contributed by atoms with Gasteiger partial charge in [-0.2, -0.15) is 8.62 Å². The third kappa shape index (κ3) is 8.55. The summed E-state index contributed by atoms with van der Waals surface area (Å²) in [7, 11) is -16.7. The maximum absolute atomic E-state index is 11.9. The van der Waals surface area contributed by atoms with Gasteiger partial charge in [-0.25, -0.2) is 28.6 Å². The number of rotatable bonds is 15. The van der Waals surface area contributed by atoms with Crippen LogP contribution in [0.5, 0.6) is 0 Å². The number of hydrogen-bond acceptors (Lipinski definition) is 14. The highest BCUT2D eigenvalue weighted by Crippen LogP contribution is 2.66. The molecule has 3 heterocycles. The van der Waals surface area contributed by atoms with Crippen LogP contribution in [-0.2, 0) is 31.6 Å². The summed E-state index contributed by atoms with van der Waals surface area (Å²) < 4.78 is 52.7. The van der Waals surface area contributed by atoms with Crippen molar-refractivity contribution >= 4 is 40.4 Å². The van der Waals surface area contributed by atoms with Crippen molar-refractivity contribution in [2.75, 3.05) is 25.0 Å². The Balaban J connectivity index is 1.64. The van der Waals surface area contributed by atoms with Gasteiger partial charge in [-0.1, -0.05) is 12.8 Å². The number of fused-ring (bicyclic) bond motifs is 1. The van der Waals surface area contributed by atoms with Crippen molar-refractivity contribution in [1.29, 1.82) is 0 Å². The molecule has 0 spiro atoms. The normalized spacial score (nSPS) is 25.3. The van der Waals surface area contributed by atoms with Gasteiger partial charge < -0.3 is 45.6 Å². The van der Waals surface area contributed by atoms with Crippen LogP contribution in [-0.4, -0.2) is 87.3 Å². The standard InChI is InChI=1S/C16H29N6O13P3/c17-5-3-1-2-4-6-18-14-11-15(20-8-19-14)22(9-21-11)16-13(24)12(23)10(33-16)7-32-37(28,29)35-38(30,31)34-36(25,26)27/h8-10,12-13,16,23-24H,1-7,17H2,(H,28,29)(H,30,31)(H,18,19,20)(H2,25,26,27)/t10-,12-,13-,16-/m1/s1. The molecule has 2 aromatic rings. The third-order valence-corrected chi connectivity index (χ3v) is 9.01. The molecule has 22 heteroatoms. The number of anilines is 1. The van der Waals surface area contributed by atoms with Crippen LogP contribution in [0.4, 0.5) is 5.82 Å². The minimum Gasteiger partial charge on any atom is -0.387 e. The van der Waals surface area contributed by atoms with E-state index in [1.165, 1.54) is 17.2 Å². The van der Waals surface area contributed by atoms with Crippen molar-refractivity contribution < 1.29 is 61.4 Å². The topological polar surface area (TPSA) is 291 Å². The molecular formula is C16H29N6O13P3. The fraction of sp³-hybridized carbons (Fsp3) is 0.688. The molecule has 38 heavy (non-hydrogen) atoms. The SMILES string of the molecule is NCCCCCCNc1ncnc2c1ncn2[C@@H]1O[C@H](COP(=O)(O)OP(=O)(O)OP(=O)(O)O)[C@@H](O)[C@H]1O. The van der Waals surface area contributed by atoms with Crippen LogP contribution in [0.15, 0.2) is 12.7 Å². The number of aliphatic hydroxyl groups excluding tert-OH is 2. The summed E-state index contributed by atoms with van der Waals surface area (Å²) in [5.41, 5.74) is 6.09. The van der Waals surface area contributed by atoms with Crippen LogP contribution >= 0.6 is 23.5 Å². The predicted octanol–water partition coefficient (Wildman–Crippen LogP) is -0.280. The van der Waals surface area contributed by atoms with E-state index in [0.29, 0.717) is 24.4 Å². The Bertz CT molecular complexity index is 1230. The average molecular weight is 606 g/mol. The number of imidazole rings is 1. The minimum atomic E-state index is -5.72. The number of phosphoric acid groups is 3. The summed E-state index contributed by atoms with van der Waals surface area (Å²) in [5.74, 6) is 0.435. The van der Waals surface area contributed by atoms with Crippen molar-refractivity contribution in [2.45, 2.75) is 50.2 Å². The highest BCUT2D eigenvalue weighted by atomic mass is 31.3. The Hall–Kier alpha value is -1.40. The Morgan fingerprint density at radius 2 is 1.68 bits per heavy atom. The summed E-state index contributed by atoms with van der Waals surface area (Å²) in [6.07, 6.45) is 0.379. The Labute approximate surface area is 215 Å². The second-order valence-electron chi connectivity index (χ2n) is 8.11. The van der Waals surface area contributed by atoms with Crippen LogP contribution < -0.4 is 11.1 Å². The number of phosphoric ester groups is 1. The van der Waals surface area contributed by atoms with E-state index >= 15 is 0 Å². The first-order chi connectivity index (χ1) is 17.7. The fourth-order valence-electron chi connectivity index (χ4n) is 3.56. The van der Waals surface area contributed by atoms with Crippen molar-refractivity contribution in [2.24, 2.45) is 5.73 Å². The van der Waals surface area contributed by atoms with Gasteiger partial charge in [0, 0.05) is 6.54 Å². The van der Waals surface area contributed by atoms with Gasteiger partial charge in [-0.05, 0) is 19.4 Å². The minimum absolute atomic E-state index is 0.246. The molecule has 0 aliphatic carbocycles. The third-order valence-electron chi connectivity index (χ3n) is 5.21. The molecule has 0 saturated carbocycles. The molecule has 0 radical (unpaired) electrons. The maximum atomic E-state index is 11.9. The van der Waals surface area contributed by atoms with E-state index in [1.807, 2.05) is 0 Å².